The lowest BCUT2D eigenvalue weighted by molar-refractivity contribution is 1.57. The molecular weight excluding hydrogens is 354 g/mol. The zero-order valence-corrected chi connectivity index (χ0v) is 9.38. The molecular formula is C6H6I2N2. The van der Waals surface area contributed by atoms with Gasteiger partial charge in [0.05, 0.1) is 0 Å². The third-order valence-corrected chi connectivity index (χ3v) is 2.98. The fourth-order valence-corrected chi connectivity index (χ4v) is 1.56. The molecule has 0 saturated carbocycles. The maximum atomic E-state index is 5.62. The van der Waals surface area contributed by atoms with Gasteiger partial charge in [0.15, 0.2) is 0 Å². The Morgan fingerprint density at radius 1 is 0.900 bits per heavy atom. The summed E-state index contributed by atoms with van der Waals surface area (Å²) in [5.41, 5.74) is 12.8. The fraction of sp³-hybridized carbons (Fsp3) is 0. The molecule has 0 spiro atoms. The van der Waals surface area contributed by atoms with Gasteiger partial charge in [0.2, 0.25) is 0 Å². The average molecular weight is 360 g/mol. The van der Waals surface area contributed by atoms with Gasteiger partial charge in [-0.1, -0.05) is 0 Å². The Kier molecular flexibility index (Phi) is 2.61. The van der Waals surface area contributed by atoms with Crippen molar-refractivity contribution in [2.75, 3.05) is 11.5 Å². The summed E-state index contributed by atoms with van der Waals surface area (Å²) in [6, 6.07) is 3.75. The Labute approximate surface area is 86.6 Å². The van der Waals surface area contributed by atoms with Crippen molar-refractivity contribution in [1.82, 2.24) is 0 Å². The van der Waals surface area contributed by atoms with Crippen LogP contribution in [0, 0.1) is 7.14 Å². The quantitative estimate of drug-likeness (QED) is 0.550. The van der Waals surface area contributed by atoms with Gasteiger partial charge >= 0.3 is 0 Å². The SMILES string of the molecule is Nc1cc(I)c(N)cc1I. The molecule has 10 heavy (non-hydrogen) atoms. The first-order valence-corrected chi connectivity index (χ1v) is 4.77. The lowest BCUT2D eigenvalue weighted by Gasteiger charge is -2.01. The molecule has 2 nitrogen and oxygen atoms in total. The third kappa shape index (κ3) is 1.66. The summed E-state index contributed by atoms with van der Waals surface area (Å²) in [5, 5.41) is 0. The maximum absolute atomic E-state index is 5.62. The smallest absolute Gasteiger partial charge is 0.0461 e. The van der Waals surface area contributed by atoms with Gasteiger partial charge < -0.3 is 11.5 Å². The van der Waals surface area contributed by atoms with Crippen LogP contribution in [0.25, 0.3) is 0 Å². The predicted molar refractivity (Wildman–Crippen MR) is 60.7 cm³/mol. The molecule has 0 aliphatic rings. The minimum absolute atomic E-state index is 0.791. The van der Waals surface area contributed by atoms with Crippen molar-refractivity contribution in [3.63, 3.8) is 0 Å². The number of halogens is 2. The molecule has 1 rings (SSSR count). The first-order chi connectivity index (χ1) is 4.61. The Hall–Kier alpha value is 0.280. The number of hydrogen-bond acceptors (Lipinski definition) is 2. The van der Waals surface area contributed by atoms with Crippen molar-refractivity contribution in [1.29, 1.82) is 0 Å². The second-order valence-electron chi connectivity index (χ2n) is 1.90. The fourth-order valence-electron chi connectivity index (χ4n) is 0.578. The molecule has 1 aromatic rings. The first-order valence-electron chi connectivity index (χ1n) is 2.61. The van der Waals surface area contributed by atoms with Crippen LogP contribution in [0.1, 0.15) is 0 Å². The molecule has 54 valence electrons. The van der Waals surface area contributed by atoms with E-state index in [-0.39, 0.29) is 0 Å². The number of rotatable bonds is 0. The summed E-state index contributed by atoms with van der Waals surface area (Å²) in [7, 11) is 0. The highest BCUT2D eigenvalue weighted by atomic mass is 127. The first kappa shape index (κ1) is 8.38. The standard InChI is InChI=1S/C6H6I2N2/c7-3-1-5(9)4(8)2-6(3)10/h1-2H,9-10H2. The van der Waals surface area contributed by atoms with Crippen LogP contribution in [0.2, 0.25) is 0 Å². The number of hydrogen-bond donors (Lipinski definition) is 2. The Bertz CT molecular complexity index is 210. The van der Waals surface area contributed by atoms with E-state index in [1.54, 1.807) is 0 Å². The molecule has 0 saturated heterocycles. The third-order valence-electron chi connectivity index (χ3n) is 1.12. The van der Waals surface area contributed by atoms with Gasteiger partial charge in [-0.3, -0.25) is 0 Å². The van der Waals surface area contributed by atoms with Crippen molar-refractivity contribution in [3.05, 3.63) is 19.3 Å². The second kappa shape index (κ2) is 3.12. The van der Waals surface area contributed by atoms with E-state index in [4.69, 9.17) is 11.5 Å². The molecule has 0 fully saturated rings. The van der Waals surface area contributed by atoms with Crippen LogP contribution in [0.3, 0.4) is 0 Å². The van der Waals surface area contributed by atoms with Gasteiger partial charge in [-0.15, -0.1) is 0 Å². The molecule has 0 unspecified atom stereocenters. The molecule has 4 N–H and O–H groups in total. The molecule has 0 aliphatic carbocycles. The van der Waals surface area contributed by atoms with Gasteiger partial charge in [-0.25, -0.2) is 0 Å². The number of benzene rings is 1. The van der Waals surface area contributed by atoms with Crippen LogP contribution in [0.15, 0.2) is 12.1 Å². The van der Waals surface area contributed by atoms with Crippen LogP contribution < -0.4 is 11.5 Å². The summed E-state index contributed by atoms with van der Waals surface area (Å²) >= 11 is 4.32. The van der Waals surface area contributed by atoms with Gasteiger partial charge in [0.25, 0.3) is 0 Å². The van der Waals surface area contributed by atoms with E-state index in [0.29, 0.717) is 0 Å². The summed E-state index contributed by atoms with van der Waals surface area (Å²) in [5.74, 6) is 0. The van der Waals surface area contributed by atoms with E-state index in [9.17, 15) is 0 Å². The molecule has 0 aromatic heterocycles. The Balaban J connectivity index is 3.28. The summed E-state index contributed by atoms with van der Waals surface area (Å²) < 4.78 is 2.02. The Morgan fingerprint density at radius 3 is 1.50 bits per heavy atom. The van der Waals surface area contributed by atoms with E-state index < -0.39 is 0 Å². The molecule has 1 aromatic carbocycles. The molecule has 0 amide bonds. The van der Waals surface area contributed by atoms with Gasteiger partial charge in [0.1, 0.15) is 0 Å². The average Bonchev–Trinajstić information content (AvgIpc) is 1.84. The topological polar surface area (TPSA) is 52.0 Å². The summed E-state index contributed by atoms with van der Waals surface area (Å²) in [4.78, 5) is 0. The lowest BCUT2D eigenvalue weighted by atomic mass is 10.3. The van der Waals surface area contributed by atoms with E-state index in [1.807, 2.05) is 12.1 Å². The van der Waals surface area contributed by atoms with Crippen molar-refractivity contribution >= 4 is 56.6 Å². The highest BCUT2D eigenvalue weighted by molar-refractivity contribution is 14.1. The van der Waals surface area contributed by atoms with Crippen LogP contribution in [-0.4, -0.2) is 0 Å². The predicted octanol–water partition coefficient (Wildman–Crippen LogP) is 2.06. The lowest BCUT2D eigenvalue weighted by Crippen LogP contribution is -1.95. The van der Waals surface area contributed by atoms with Crippen molar-refractivity contribution < 1.29 is 0 Å². The monoisotopic (exact) mass is 360 g/mol. The highest BCUT2D eigenvalue weighted by Gasteiger charge is 1.99. The summed E-state index contributed by atoms with van der Waals surface area (Å²) in [6.07, 6.45) is 0. The minimum atomic E-state index is 0.791. The molecule has 4 heteroatoms. The normalized spacial score (nSPS) is 9.80. The van der Waals surface area contributed by atoms with E-state index in [1.165, 1.54) is 0 Å². The molecule has 0 aliphatic heterocycles. The van der Waals surface area contributed by atoms with Gasteiger partial charge in [-0.05, 0) is 57.3 Å². The number of nitrogen functional groups attached to an aromatic ring is 2. The van der Waals surface area contributed by atoms with Crippen LogP contribution in [-0.2, 0) is 0 Å². The highest BCUT2D eigenvalue weighted by Crippen LogP contribution is 2.23. The largest absolute Gasteiger partial charge is 0.398 e. The Morgan fingerprint density at radius 2 is 1.20 bits per heavy atom. The van der Waals surface area contributed by atoms with Crippen molar-refractivity contribution in [2.24, 2.45) is 0 Å². The van der Waals surface area contributed by atoms with Gasteiger partial charge in [0, 0.05) is 18.5 Å². The molecule has 0 radical (unpaired) electrons. The maximum Gasteiger partial charge on any atom is 0.0461 e. The molecule has 0 bridgehead atoms. The van der Waals surface area contributed by atoms with Gasteiger partial charge in [-0.2, -0.15) is 0 Å². The molecule has 0 atom stereocenters. The van der Waals surface area contributed by atoms with E-state index in [2.05, 4.69) is 45.2 Å². The van der Waals surface area contributed by atoms with Crippen LogP contribution in [0.5, 0.6) is 0 Å². The summed E-state index contributed by atoms with van der Waals surface area (Å²) in [6.45, 7) is 0. The van der Waals surface area contributed by atoms with E-state index >= 15 is 0 Å². The minimum Gasteiger partial charge on any atom is -0.398 e. The van der Waals surface area contributed by atoms with Crippen molar-refractivity contribution in [3.8, 4) is 0 Å². The van der Waals surface area contributed by atoms with Crippen molar-refractivity contribution in [2.45, 2.75) is 0 Å². The number of anilines is 2. The van der Waals surface area contributed by atoms with Crippen LogP contribution >= 0.6 is 45.2 Å². The van der Waals surface area contributed by atoms with E-state index in [0.717, 1.165) is 18.5 Å². The zero-order valence-electron chi connectivity index (χ0n) is 5.07. The zero-order chi connectivity index (χ0) is 7.72. The number of nitrogens with two attached hydrogens (primary N) is 2. The van der Waals surface area contributed by atoms with Crippen LogP contribution in [0.4, 0.5) is 11.4 Å². The second-order valence-corrected chi connectivity index (χ2v) is 4.22. The molecule has 0 heterocycles.